The molecule has 0 aliphatic carbocycles. The minimum Gasteiger partial charge on any atom is -0.336 e. The molecule has 2 N–H and O–H groups in total. The number of imidazole rings is 1. The first-order valence-electron chi connectivity index (χ1n) is 5.84. The van der Waals surface area contributed by atoms with Crippen molar-refractivity contribution in [2.24, 2.45) is 5.92 Å². The van der Waals surface area contributed by atoms with Crippen molar-refractivity contribution in [3.63, 3.8) is 0 Å². The maximum Gasteiger partial charge on any atom is 0.259 e. The first kappa shape index (κ1) is 15.4. The Kier molecular flexibility index (Phi) is 5.58. The van der Waals surface area contributed by atoms with Gasteiger partial charge in [-0.1, -0.05) is 0 Å². The molecule has 1 fully saturated rings. The molecule has 1 aromatic heterocycles. The molecule has 18 heavy (non-hydrogen) atoms. The zero-order valence-electron chi connectivity index (χ0n) is 10.3. The summed E-state index contributed by atoms with van der Waals surface area (Å²) in [5.41, 5.74) is 0. The minimum absolute atomic E-state index is 0. The highest BCUT2D eigenvalue weighted by Gasteiger charge is 2.21. The van der Waals surface area contributed by atoms with Gasteiger partial charge in [-0.3, -0.25) is 0 Å². The van der Waals surface area contributed by atoms with Gasteiger partial charge < -0.3 is 9.88 Å². The van der Waals surface area contributed by atoms with Crippen molar-refractivity contribution in [1.29, 1.82) is 0 Å². The third-order valence-corrected chi connectivity index (χ3v) is 4.28. The van der Waals surface area contributed by atoms with Crippen molar-refractivity contribution in [2.45, 2.75) is 24.9 Å². The summed E-state index contributed by atoms with van der Waals surface area (Å²) in [5.74, 6) is 0.387. The lowest BCUT2D eigenvalue weighted by molar-refractivity contribution is 0.537. The van der Waals surface area contributed by atoms with Crippen molar-refractivity contribution in [2.75, 3.05) is 19.6 Å². The average molecular weight is 295 g/mol. The fourth-order valence-corrected chi connectivity index (χ4v) is 2.90. The Balaban J connectivity index is 0.00000162. The molecule has 1 aromatic rings. The quantitative estimate of drug-likeness (QED) is 0.814. The lowest BCUT2D eigenvalue weighted by atomic mass is 10.1. The van der Waals surface area contributed by atoms with Crippen LogP contribution in [-0.4, -0.2) is 37.6 Å². The van der Waals surface area contributed by atoms with Crippen molar-refractivity contribution >= 4 is 22.4 Å². The molecule has 1 aliphatic heterocycles. The number of aryl methyl sites for hydroxylation is 1. The summed E-state index contributed by atoms with van der Waals surface area (Å²) in [6, 6.07) is 0. The SMILES string of the molecule is CCn1cnc(S(=O)(=O)NCC2CCNC2)c1.Cl. The number of rotatable bonds is 5. The van der Waals surface area contributed by atoms with Gasteiger partial charge in [0.1, 0.15) is 0 Å². The molecule has 104 valence electrons. The van der Waals surface area contributed by atoms with Crippen LogP contribution in [0.25, 0.3) is 0 Å². The van der Waals surface area contributed by atoms with Gasteiger partial charge in [0, 0.05) is 19.3 Å². The highest BCUT2D eigenvalue weighted by molar-refractivity contribution is 7.89. The Labute approximate surface area is 114 Å². The normalized spacial score (nSPS) is 19.7. The average Bonchev–Trinajstić information content (AvgIpc) is 2.98. The third kappa shape index (κ3) is 3.68. The van der Waals surface area contributed by atoms with Crippen LogP contribution in [0.2, 0.25) is 0 Å². The van der Waals surface area contributed by atoms with E-state index in [2.05, 4.69) is 15.0 Å². The van der Waals surface area contributed by atoms with Crippen LogP contribution in [0, 0.1) is 5.92 Å². The maximum absolute atomic E-state index is 11.9. The second-order valence-corrected chi connectivity index (χ2v) is 5.97. The summed E-state index contributed by atoms with van der Waals surface area (Å²) in [7, 11) is -3.45. The van der Waals surface area contributed by atoms with Crippen molar-refractivity contribution in [3.8, 4) is 0 Å². The summed E-state index contributed by atoms with van der Waals surface area (Å²) >= 11 is 0. The van der Waals surface area contributed by atoms with Gasteiger partial charge >= 0.3 is 0 Å². The Morgan fingerprint density at radius 1 is 1.61 bits per heavy atom. The number of hydrogen-bond acceptors (Lipinski definition) is 4. The van der Waals surface area contributed by atoms with Gasteiger partial charge in [-0.15, -0.1) is 12.4 Å². The van der Waals surface area contributed by atoms with Gasteiger partial charge in [-0.05, 0) is 32.4 Å². The van der Waals surface area contributed by atoms with Gasteiger partial charge in [0.2, 0.25) is 0 Å². The monoisotopic (exact) mass is 294 g/mol. The molecule has 0 radical (unpaired) electrons. The number of sulfonamides is 1. The van der Waals surface area contributed by atoms with E-state index in [1.54, 1.807) is 10.8 Å². The molecular weight excluding hydrogens is 276 g/mol. The fraction of sp³-hybridized carbons (Fsp3) is 0.700. The van der Waals surface area contributed by atoms with Crippen LogP contribution in [0.3, 0.4) is 0 Å². The molecule has 1 aliphatic rings. The topological polar surface area (TPSA) is 76.0 Å². The van der Waals surface area contributed by atoms with E-state index in [4.69, 9.17) is 0 Å². The zero-order valence-corrected chi connectivity index (χ0v) is 11.9. The molecule has 0 amide bonds. The molecule has 1 unspecified atom stereocenters. The van der Waals surface area contributed by atoms with E-state index in [9.17, 15) is 8.42 Å². The van der Waals surface area contributed by atoms with Crippen molar-refractivity contribution in [3.05, 3.63) is 12.5 Å². The van der Waals surface area contributed by atoms with Gasteiger partial charge in [0.05, 0.1) is 6.33 Å². The number of hydrogen-bond donors (Lipinski definition) is 2. The highest BCUT2D eigenvalue weighted by atomic mass is 35.5. The molecule has 0 saturated carbocycles. The lowest BCUT2D eigenvalue weighted by Crippen LogP contribution is -2.30. The van der Waals surface area contributed by atoms with E-state index >= 15 is 0 Å². The molecule has 2 heterocycles. The Bertz CT molecular complexity index is 468. The van der Waals surface area contributed by atoms with Crippen LogP contribution >= 0.6 is 12.4 Å². The Morgan fingerprint density at radius 3 is 2.94 bits per heavy atom. The Hall–Kier alpha value is -0.630. The van der Waals surface area contributed by atoms with Crippen molar-refractivity contribution < 1.29 is 8.42 Å². The second kappa shape index (κ2) is 6.51. The van der Waals surface area contributed by atoms with E-state index in [-0.39, 0.29) is 17.4 Å². The molecule has 8 heteroatoms. The molecule has 2 rings (SSSR count). The Morgan fingerprint density at radius 2 is 2.39 bits per heavy atom. The van der Waals surface area contributed by atoms with E-state index in [1.165, 1.54) is 6.33 Å². The molecule has 6 nitrogen and oxygen atoms in total. The van der Waals surface area contributed by atoms with Crippen molar-refractivity contribution in [1.82, 2.24) is 19.6 Å². The second-order valence-electron chi connectivity index (χ2n) is 4.25. The first-order valence-corrected chi connectivity index (χ1v) is 7.32. The van der Waals surface area contributed by atoms with Crippen LogP contribution in [0.15, 0.2) is 17.6 Å². The highest BCUT2D eigenvalue weighted by Crippen LogP contribution is 2.09. The van der Waals surface area contributed by atoms with E-state index in [0.29, 0.717) is 12.5 Å². The minimum atomic E-state index is -3.45. The van der Waals surface area contributed by atoms with Crippen LogP contribution in [-0.2, 0) is 16.6 Å². The molecule has 1 saturated heterocycles. The summed E-state index contributed by atoms with van der Waals surface area (Å²) < 4.78 is 28.2. The predicted molar refractivity (Wildman–Crippen MR) is 71.3 cm³/mol. The number of nitrogens with zero attached hydrogens (tertiary/aromatic N) is 2. The maximum atomic E-state index is 11.9. The van der Waals surface area contributed by atoms with Crippen LogP contribution < -0.4 is 10.0 Å². The molecule has 0 aromatic carbocycles. The largest absolute Gasteiger partial charge is 0.336 e. The predicted octanol–water partition coefficient (Wildman–Crippen LogP) is 0.213. The smallest absolute Gasteiger partial charge is 0.259 e. The third-order valence-electron chi connectivity index (χ3n) is 2.97. The molecule has 0 bridgehead atoms. The van der Waals surface area contributed by atoms with Crippen LogP contribution in [0.4, 0.5) is 0 Å². The summed E-state index contributed by atoms with van der Waals surface area (Å²) in [5, 5.41) is 3.31. The standard InChI is InChI=1S/C10H18N4O2S.ClH/c1-2-14-7-10(12-8-14)17(15,16)13-6-9-3-4-11-5-9;/h7-9,11,13H,2-6H2,1H3;1H. The summed E-state index contributed by atoms with van der Waals surface area (Å²) in [4.78, 5) is 3.90. The van der Waals surface area contributed by atoms with Gasteiger partial charge in [0.25, 0.3) is 10.0 Å². The summed E-state index contributed by atoms with van der Waals surface area (Å²) in [6.45, 7) is 4.99. The zero-order chi connectivity index (χ0) is 12.3. The van der Waals surface area contributed by atoms with E-state index < -0.39 is 10.0 Å². The molecular formula is C10H19ClN4O2S. The number of halogens is 1. The number of nitrogens with one attached hydrogen (secondary N) is 2. The first-order chi connectivity index (χ1) is 8.12. The fourth-order valence-electron chi connectivity index (χ4n) is 1.84. The van der Waals surface area contributed by atoms with Gasteiger partial charge in [0.15, 0.2) is 5.03 Å². The van der Waals surface area contributed by atoms with E-state index in [1.807, 2.05) is 6.92 Å². The molecule has 0 spiro atoms. The lowest BCUT2D eigenvalue weighted by Gasteiger charge is -2.08. The van der Waals surface area contributed by atoms with Crippen LogP contribution in [0.5, 0.6) is 0 Å². The molecule has 1 atom stereocenters. The van der Waals surface area contributed by atoms with Crippen LogP contribution in [0.1, 0.15) is 13.3 Å². The van der Waals surface area contributed by atoms with Gasteiger partial charge in [-0.2, -0.15) is 0 Å². The van der Waals surface area contributed by atoms with E-state index in [0.717, 1.165) is 26.1 Å². The summed E-state index contributed by atoms with van der Waals surface area (Å²) in [6.07, 6.45) is 4.10. The van der Waals surface area contributed by atoms with Gasteiger partial charge in [-0.25, -0.2) is 18.1 Å². The number of aromatic nitrogens is 2.